The van der Waals surface area contributed by atoms with Crippen LogP contribution in [0.1, 0.15) is 28.9 Å². The molecule has 0 aromatic heterocycles. The molecule has 0 fully saturated rings. The molecule has 5 heteroatoms. The number of nitrogens with two attached hydrogens (primary N) is 1. The van der Waals surface area contributed by atoms with Crippen LogP contribution in [0.5, 0.6) is 0 Å². The van der Waals surface area contributed by atoms with E-state index in [0.29, 0.717) is 11.3 Å². The molecule has 3 aromatic rings. The first-order valence-corrected chi connectivity index (χ1v) is 7.99. The first-order chi connectivity index (χ1) is 12.0. The van der Waals surface area contributed by atoms with Crippen LogP contribution in [0.15, 0.2) is 66.7 Å². The molecule has 4 N–H and O–H groups in total. The van der Waals surface area contributed by atoms with Crippen LogP contribution in [-0.4, -0.2) is 11.9 Å². The van der Waals surface area contributed by atoms with E-state index < -0.39 is 6.03 Å². The molecule has 0 spiro atoms. The van der Waals surface area contributed by atoms with E-state index in [4.69, 9.17) is 5.73 Å². The van der Waals surface area contributed by atoms with Crippen LogP contribution in [0.25, 0.3) is 10.8 Å². The summed E-state index contributed by atoms with van der Waals surface area (Å²) in [5.41, 5.74) is 7.10. The van der Waals surface area contributed by atoms with Crippen molar-refractivity contribution in [3.63, 3.8) is 0 Å². The number of fused-ring (bicyclic) bond motifs is 1. The Balaban J connectivity index is 1.81. The van der Waals surface area contributed by atoms with Crippen LogP contribution in [0, 0.1) is 0 Å². The molecule has 0 bridgehead atoms. The predicted molar refractivity (Wildman–Crippen MR) is 99.5 cm³/mol. The molecule has 0 aliphatic rings. The van der Waals surface area contributed by atoms with Crippen molar-refractivity contribution in [2.75, 3.05) is 5.32 Å². The fourth-order valence-electron chi connectivity index (χ4n) is 2.87. The molecule has 1 unspecified atom stereocenters. The topological polar surface area (TPSA) is 84.2 Å². The summed E-state index contributed by atoms with van der Waals surface area (Å²) in [4.78, 5) is 23.5. The van der Waals surface area contributed by atoms with Crippen molar-refractivity contribution in [1.29, 1.82) is 0 Å². The van der Waals surface area contributed by atoms with Crippen LogP contribution >= 0.6 is 0 Å². The van der Waals surface area contributed by atoms with Crippen LogP contribution in [0.2, 0.25) is 0 Å². The van der Waals surface area contributed by atoms with E-state index in [9.17, 15) is 9.59 Å². The lowest BCUT2D eigenvalue weighted by Crippen LogP contribution is -2.27. The summed E-state index contributed by atoms with van der Waals surface area (Å²) in [6.45, 7) is 1.95. The fraction of sp³-hybridized carbons (Fsp3) is 0.100. The first-order valence-electron chi connectivity index (χ1n) is 7.99. The largest absolute Gasteiger partial charge is 0.351 e. The van der Waals surface area contributed by atoms with Gasteiger partial charge in [0.05, 0.1) is 6.04 Å². The van der Waals surface area contributed by atoms with Gasteiger partial charge in [-0.15, -0.1) is 0 Å². The summed E-state index contributed by atoms with van der Waals surface area (Å²) >= 11 is 0. The van der Waals surface area contributed by atoms with Gasteiger partial charge in [0.25, 0.3) is 5.91 Å². The molecule has 5 nitrogen and oxygen atoms in total. The minimum absolute atomic E-state index is 0.161. The van der Waals surface area contributed by atoms with Gasteiger partial charge in [-0.2, -0.15) is 0 Å². The highest BCUT2D eigenvalue weighted by molar-refractivity contribution is 5.97. The van der Waals surface area contributed by atoms with Crippen molar-refractivity contribution < 1.29 is 9.59 Å². The summed E-state index contributed by atoms with van der Waals surface area (Å²) in [5, 5.41) is 7.72. The van der Waals surface area contributed by atoms with Gasteiger partial charge in [-0.3, -0.25) is 4.79 Å². The van der Waals surface area contributed by atoms with E-state index in [2.05, 4.69) is 10.6 Å². The highest BCUT2D eigenvalue weighted by Gasteiger charge is 2.14. The van der Waals surface area contributed by atoms with Gasteiger partial charge in [0.1, 0.15) is 0 Å². The van der Waals surface area contributed by atoms with Gasteiger partial charge in [0.2, 0.25) is 0 Å². The number of amides is 3. The van der Waals surface area contributed by atoms with Crippen LogP contribution in [0.4, 0.5) is 10.5 Å². The molecule has 0 saturated heterocycles. The van der Waals surface area contributed by atoms with Gasteiger partial charge in [-0.1, -0.05) is 48.5 Å². The van der Waals surface area contributed by atoms with Gasteiger partial charge in [-0.25, -0.2) is 4.79 Å². The Morgan fingerprint density at radius 2 is 1.68 bits per heavy atom. The molecule has 3 amide bonds. The third-order valence-corrected chi connectivity index (χ3v) is 4.03. The molecule has 3 rings (SSSR count). The number of nitrogens with one attached hydrogen (secondary N) is 2. The summed E-state index contributed by atoms with van der Waals surface area (Å²) in [6.07, 6.45) is 0. The average Bonchev–Trinajstić information content (AvgIpc) is 2.60. The maximum absolute atomic E-state index is 12.5. The quantitative estimate of drug-likeness (QED) is 0.678. The Bertz CT molecular complexity index is 932. The molecule has 126 valence electrons. The average molecular weight is 333 g/mol. The molecule has 0 heterocycles. The molecule has 3 aromatic carbocycles. The van der Waals surface area contributed by atoms with E-state index >= 15 is 0 Å². The Kier molecular flexibility index (Phi) is 4.66. The number of hydrogen-bond acceptors (Lipinski definition) is 2. The van der Waals surface area contributed by atoms with E-state index in [1.807, 2.05) is 49.4 Å². The number of carbonyl (C=O) groups excluding carboxylic acids is 2. The van der Waals surface area contributed by atoms with E-state index in [1.165, 1.54) is 0 Å². The van der Waals surface area contributed by atoms with Crippen molar-refractivity contribution in [1.82, 2.24) is 5.32 Å². The zero-order chi connectivity index (χ0) is 17.8. The lowest BCUT2D eigenvalue weighted by Gasteiger charge is -2.17. The Morgan fingerprint density at radius 3 is 2.48 bits per heavy atom. The molecular weight excluding hydrogens is 314 g/mol. The van der Waals surface area contributed by atoms with Crippen molar-refractivity contribution in [3.05, 3.63) is 77.9 Å². The Hall–Kier alpha value is -3.34. The molecule has 1 atom stereocenters. The summed E-state index contributed by atoms with van der Waals surface area (Å²) in [6, 6.07) is 19.9. The smallest absolute Gasteiger partial charge is 0.316 e. The second kappa shape index (κ2) is 7.05. The van der Waals surface area contributed by atoms with Crippen molar-refractivity contribution in [2.24, 2.45) is 5.73 Å². The highest BCUT2D eigenvalue weighted by Crippen LogP contribution is 2.24. The maximum atomic E-state index is 12.5. The zero-order valence-electron chi connectivity index (χ0n) is 13.8. The third kappa shape index (κ3) is 3.77. The second-order valence-corrected chi connectivity index (χ2v) is 5.83. The summed E-state index contributed by atoms with van der Waals surface area (Å²) < 4.78 is 0. The lowest BCUT2D eigenvalue weighted by molar-refractivity contribution is 0.0940. The normalized spacial score (nSPS) is 11.7. The van der Waals surface area contributed by atoms with Crippen LogP contribution in [0.3, 0.4) is 0 Å². The lowest BCUT2D eigenvalue weighted by atomic mass is 9.99. The molecular formula is C20H19N3O2. The minimum Gasteiger partial charge on any atom is -0.351 e. The minimum atomic E-state index is -0.665. The number of urea groups is 1. The summed E-state index contributed by atoms with van der Waals surface area (Å²) in [5.74, 6) is -0.214. The molecule has 25 heavy (non-hydrogen) atoms. The van der Waals surface area contributed by atoms with Crippen molar-refractivity contribution >= 4 is 28.4 Å². The van der Waals surface area contributed by atoms with E-state index in [-0.39, 0.29) is 11.9 Å². The number of benzene rings is 3. The SMILES string of the molecule is CC(NC(=O)c1cccc(NC(N)=O)c1)c1cccc2ccccc12. The third-order valence-electron chi connectivity index (χ3n) is 4.03. The number of hydrogen-bond donors (Lipinski definition) is 3. The number of rotatable bonds is 4. The molecule has 0 aliphatic carbocycles. The van der Waals surface area contributed by atoms with Gasteiger partial charge < -0.3 is 16.4 Å². The standard InChI is InChI=1S/C20H19N3O2/c1-13(17-11-5-7-14-6-2-3-10-18(14)17)22-19(24)15-8-4-9-16(12-15)23-20(21)25/h2-13H,1H3,(H,22,24)(H3,21,23,25). The maximum Gasteiger partial charge on any atom is 0.316 e. The van der Waals surface area contributed by atoms with Crippen molar-refractivity contribution in [2.45, 2.75) is 13.0 Å². The van der Waals surface area contributed by atoms with Crippen LogP contribution < -0.4 is 16.4 Å². The van der Waals surface area contributed by atoms with E-state index in [1.54, 1.807) is 24.3 Å². The number of anilines is 1. The molecule has 0 saturated carbocycles. The predicted octanol–water partition coefficient (Wildman–Crippen LogP) is 3.82. The number of primary amides is 1. The second-order valence-electron chi connectivity index (χ2n) is 5.83. The first kappa shape index (κ1) is 16.5. The highest BCUT2D eigenvalue weighted by atomic mass is 16.2. The van der Waals surface area contributed by atoms with E-state index in [0.717, 1.165) is 16.3 Å². The fourth-order valence-corrected chi connectivity index (χ4v) is 2.87. The van der Waals surface area contributed by atoms with Crippen molar-refractivity contribution in [3.8, 4) is 0 Å². The van der Waals surface area contributed by atoms with Crippen LogP contribution in [-0.2, 0) is 0 Å². The molecule has 0 aliphatic heterocycles. The van der Waals surface area contributed by atoms with Gasteiger partial charge in [0, 0.05) is 11.3 Å². The van der Waals surface area contributed by atoms with Gasteiger partial charge in [-0.05, 0) is 41.5 Å². The van der Waals surface area contributed by atoms with Gasteiger partial charge in [0.15, 0.2) is 0 Å². The molecule has 0 radical (unpaired) electrons. The number of carbonyl (C=O) groups is 2. The Morgan fingerprint density at radius 1 is 0.960 bits per heavy atom. The monoisotopic (exact) mass is 333 g/mol. The van der Waals surface area contributed by atoms with Gasteiger partial charge >= 0.3 is 6.03 Å². The Labute approximate surface area is 145 Å². The summed E-state index contributed by atoms with van der Waals surface area (Å²) in [7, 11) is 0. The zero-order valence-corrected chi connectivity index (χ0v) is 13.8.